The maximum Gasteiger partial charge on any atom is 0.335 e. The average Bonchev–Trinajstić information content (AvgIpc) is 2.46. The number of carboxylic acids is 1. The molecule has 0 saturated heterocycles. The molecule has 110 valence electrons. The third-order valence-electron chi connectivity index (χ3n) is 3.20. The molecule has 0 bridgehead atoms. The molecule has 21 heavy (non-hydrogen) atoms. The van der Waals surface area contributed by atoms with Crippen molar-refractivity contribution >= 4 is 23.4 Å². The van der Waals surface area contributed by atoms with Gasteiger partial charge in [-0.3, -0.25) is 0 Å². The highest BCUT2D eigenvalue weighted by Gasteiger charge is 2.11. The Morgan fingerprint density at radius 2 is 2.14 bits per heavy atom. The number of carboxylic acid groups (broad SMARTS) is 1. The highest BCUT2D eigenvalue weighted by atomic mass is 35.5. The maximum atomic E-state index is 11.1. The van der Waals surface area contributed by atoms with Crippen LogP contribution in [0.1, 0.15) is 41.5 Å². The summed E-state index contributed by atoms with van der Waals surface area (Å²) in [5.74, 6) is -0.398. The number of hydrogen-bond donors (Lipinski definition) is 2. The highest BCUT2D eigenvalue weighted by Crippen LogP contribution is 2.22. The number of aromatic carboxylic acids is 1. The largest absolute Gasteiger partial charge is 0.478 e. The number of carbonyl (C=O) groups is 1. The van der Waals surface area contributed by atoms with Crippen molar-refractivity contribution in [3.05, 3.63) is 58.2 Å². The third-order valence-corrected chi connectivity index (χ3v) is 3.44. The normalized spacial score (nSPS) is 12.0. The minimum atomic E-state index is -0.953. The second-order valence-corrected chi connectivity index (χ2v) is 5.25. The lowest BCUT2D eigenvalue weighted by Crippen LogP contribution is -2.10. The first-order valence-corrected chi connectivity index (χ1v) is 7.13. The Morgan fingerprint density at radius 1 is 1.38 bits per heavy atom. The van der Waals surface area contributed by atoms with Gasteiger partial charge in [0.2, 0.25) is 0 Å². The fourth-order valence-electron chi connectivity index (χ4n) is 2.05. The second-order valence-electron chi connectivity index (χ2n) is 4.81. The number of benzene rings is 1. The van der Waals surface area contributed by atoms with E-state index in [4.69, 9.17) is 16.7 Å². The molecule has 2 aromatic rings. The van der Waals surface area contributed by atoms with Crippen molar-refractivity contribution in [1.82, 2.24) is 4.98 Å². The SMILES string of the molecule is CCc1cc(C(=O)O)cc(NC(C)c2cccc(Cl)c2)n1. The van der Waals surface area contributed by atoms with Crippen LogP contribution in [0.4, 0.5) is 5.82 Å². The Morgan fingerprint density at radius 3 is 2.76 bits per heavy atom. The maximum absolute atomic E-state index is 11.1. The summed E-state index contributed by atoms with van der Waals surface area (Å²) in [6.07, 6.45) is 0.682. The zero-order valence-electron chi connectivity index (χ0n) is 11.9. The first-order valence-electron chi connectivity index (χ1n) is 6.76. The summed E-state index contributed by atoms with van der Waals surface area (Å²) in [7, 11) is 0. The predicted molar refractivity (Wildman–Crippen MR) is 84.1 cm³/mol. The van der Waals surface area contributed by atoms with Gasteiger partial charge in [0.05, 0.1) is 5.56 Å². The molecule has 2 N–H and O–H groups in total. The molecule has 1 atom stereocenters. The van der Waals surface area contributed by atoms with Crippen LogP contribution in [0.3, 0.4) is 0 Å². The molecule has 0 aliphatic carbocycles. The molecule has 0 spiro atoms. The summed E-state index contributed by atoms with van der Waals surface area (Å²) in [4.78, 5) is 15.6. The van der Waals surface area contributed by atoms with Gasteiger partial charge >= 0.3 is 5.97 Å². The number of rotatable bonds is 5. The van der Waals surface area contributed by atoms with Crippen LogP contribution in [-0.4, -0.2) is 16.1 Å². The number of nitrogens with zero attached hydrogens (tertiary/aromatic N) is 1. The van der Waals surface area contributed by atoms with Gasteiger partial charge in [-0.15, -0.1) is 0 Å². The molecule has 1 heterocycles. The predicted octanol–water partition coefficient (Wildman–Crippen LogP) is 4.17. The lowest BCUT2D eigenvalue weighted by Gasteiger charge is -2.16. The second kappa shape index (κ2) is 6.59. The minimum absolute atomic E-state index is 0.0232. The zero-order valence-corrected chi connectivity index (χ0v) is 12.7. The van der Waals surface area contributed by atoms with Crippen LogP contribution in [0, 0.1) is 0 Å². The lowest BCUT2D eigenvalue weighted by molar-refractivity contribution is 0.0696. The molecule has 5 heteroatoms. The van der Waals surface area contributed by atoms with Crippen molar-refractivity contribution in [2.45, 2.75) is 26.3 Å². The summed E-state index contributed by atoms with van der Waals surface area (Å²) < 4.78 is 0. The highest BCUT2D eigenvalue weighted by molar-refractivity contribution is 6.30. The molecule has 0 radical (unpaired) electrons. The van der Waals surface area contributed by atoms with Gasteiger partial charge in [0.25, 0.3) is 0 Å². The van der Waals surface area contributed by atoms with E-state index < -0.39 is 5.97 Å². The summed E-state index contributed by atoms with van der Waals surface area (Å²) in [6, 6.07) is 10.7. The van der Waals surface area contributed by atoms with Crippen LogP contribution in [0.25, 0.3) is 0 Å². The molecule has 2 rings (SSSR count). The zero-order chi connectivity index (χ0) is 15.4. The van der Waals surface area contributed by atoms with E-state index >= 15 is 0 Å². The van der Waals surface area contributed by atoms with E-state index in [1.807, 2.05) is 38.1 Å². The number of aryl methyl sites for hydroxylation is 1. The van der Waals surface area contributed by atoms with Gasteiger partial charge in [-0.25, -0.2) is 9.78 Å². The standard InChI is InChI=1S/C16H17ClN2O2/c1-3-14-8-12(16(20)21)9-15(19-14)18-10(2)11-5-4-6-13(17)7-11/h4-10H,3H2,1-2H3,(H,18,19)(H,20,21). The molecular weight excluding hydrogens is 288 g/mol. The van der Waals surface area contributed by atoms with Crippen LogP contribution in [0.2, 0.25) is 5.02 Å². The Balaban J connectivity index is 2.26. The van der Waals surface area contributed by atoms with Crippen LogP contribution in [-0.2, 0) is 6.42 Å². The van der Waals surface area contributed by atoms with Crippen LogP contribution < -0.4 is 5.32 Å². The van der Waals surface area contributed by atoms with Crippen molar-refractivity contribution < 1.29 is 9.90 Å². The molecule has 0 aliphatic rings. The van der Waals surface area contributed by atoms with Crippen LogP contribution in [0.5, 0.6) is 0 Å². The molecule has 4 nitrogen and oxygen atoms in total. The smallest absolute Gasteiger partial charge is 0.335 e. The van der Waals surface area contributed by atoms with E-state index in [0.717, 1.165) is 11.3 Å². The molecule has 1 unspecified atom stereocenters. The van der Waals surface area contributed by atoms with E-state index in [1.54, 1.807) is 12.1 Å². The summed E-state index contributed by atoms with van der Waals surface area (Å²) in [5.41, 5.74) is 2.00. The Kier molecular flexibility index (Phi) is 4.81. The number of anilines is 1. The van der Waals surface area contributed by atoms with Crippen molar-refractivity contribution in [3.8, 4) is 0 Å². The minimum Gasteiger partial charge on any atom is -0.478 e. The Hall–Kier alpha value is -2.07. The van der Waals surface area contributed by atoms with Crippen molar-refractivity contribution in [3.63, 3.8) is 0 Å². The molecule has 0 amide bonds. The van der Waals surface area contributed by atoms with Gasteiger partial charge in [0.15, 0.2) is 0 Å². The first kappa shape index (κ1) is 15.3. The van der Waals surface area contributed by atoms with Gasteiger partial charge in [0, 0.05) is 16.8 Å². The van der Waals surface area contributed by atoms with Gasteiger partial charge in [-0.05, 0) is 43.2 Å². The summed E-state index contributed by atoms with van der Waals surface area (Å²) >= 11 is 5.99. The van der Waals surface area contributed by atoms with Crippen molar-refractivity contribution in [2.75, 3.05) is 5.32 Å². The van der Waals surface area contributed by atoms with E-state index in [2.05, 4.69) is 10.3 Å². The summed E-state index contributed by atoms with van der Waals surface area (Å²) in [5, 5.41) is 13.0. The number of pyridine rings is 1. The van der Waals surface area contributed by atoms with E-state index in [1.165, 1.54) is 0 Å². The van der Waals surface area contributed by atoms with E-state index in [0.29, 0.717) is 17.3 Å². The fraction of sp³-hybridized carbons (Fsp3) is 0.250. The number of nitrogens with one attached hydrogen (secondary N) is 1. The Labute approximate surface area is 128 Å². The van der Waals surface area contributed by atoms with Gasteiger partial charge in [-0.2, -0.15) is 0 Å². The van der Waals surface area contributed by atoms with E-state index in [9.17, 15) is 4.79 Å². The monoisotopic (exact) mass is 304 g/mol. The summed E-state index contributed by atoms with van der Waals surface area (Å²) in [6.45, 7) is 3.92. The fourth-order valence-corrected chi connectivity index (χ4v) is 2.25. The molecule has 1 aromatic carbocycles. The quantitative estimate of drug-likeness (QED) is 0.870. The van der Waals surface area contributed by atoms with E-state index in [-0.39, 0.29) is 11.6 Å². The van der Waals surface area contributed by atoms with Crippen LogP contribution in [0.15, 0.2) is 36.4 Å². The number of hydrogen-bond acceptors (Lipinski definition) is 3. The molecule has 0 aliphatic heterocycles. The average molecular weight is 305 g/mol. The number of halogens is 1. The number of aromatic nitrogens is 1. The van der Waals surface area contributed by atoms with Gasteiger partial charge < -0.3 is 10.4 Å². The first-order chi connectivity index (χ1) is 9.99. The van der Waals surface area contributed by atoms with Gasteiger partial charge in [-0.1, -0.05) is 30.7 Å². The molecular formula is C16H17ClN2O2. The Bertz CT molecular complexity index is 658. The topological polar surface area (TPSA) is 62.2 Å². The molecule has 0 saturated carbocycles. The van der Waals surface area contributed by atoms with Gasteiger partial charge in [0.1, 0.15) is 5.82 Å². The van der Waals surface area contributed by atoms with Crippen molar-refractivity contribution in [1.29, 1.82) is 0 Å². The molecule has 0 fully saturated rings. The lowest BCUT2D eigenvalue weighted by atomic mass is 10.1. The third kappa shape index (κ3) is 3.95. The molecule has 1 aromatic heterocycles. The van der Waals surface area contributed by atoms with Crippen molar-refractivity contribution in [2.24, 2.45) is 0 Å². The van der Waals surface area contributed by atoms with Crippen LogP contribution >= 0.6 is 11.6 Å².